The zero-order valence-electron chi connectivity index (χ0n) is 17.8. The Morgan fingerprint density at radius 2 is 1.56 bits per heavy atom. The van der Waals surface area contributed by atoms with E-state index in [2.05, 4.69) is 11.4 Å². The molecule has 32 heavy (non-hydrogen) atoms. The SMILES string of the molecule is Cc1cccc([C@H](NC(=O)c2cccc(OCc3ccccc3Cl)c2)c2ccccc2)c1. The topological polar surface area (TPSA) is 38.3 Å². The predicted octanol–water partition coefficient (Wildman–Crippen LogP) is 6.75. The second-order valence-corrected chi connectivity index (χ2v) is 8.05. The molecular weight excluding hydrogens is 418 g/mol. The Morgan fingerprint density at radius 1 is 0.844 bits per heavy atom. The lowest BCUT2D eigenvalue weighted by Gasteiger charge is -2.20. The minimum Gasteiger partial charge on any atom is -0.489 e. The summed E-state index contributed by atoms with van der Waals surface area (Å²) in [6.07, 6.45) is 0. The number of carbonyl (C=O) groups is 1. The first-order valence-corrected chi connectivity index (χ1v) is 10.9. The molecule has 0 aliphatic rings. The zero-order chi connectivity index (χ0) is 22.3. The molecule has 0 bridgehead atoms. The van der Waals surface area contributed by atoms with Crippen LogP contribution in [0.2, 0.25) is 5.02 Å². The minimum atomic E-state index is -0.253. The van der Waals surface area contributed by atoms with Gasteiger partial charge < -0.3 is 10.1 Å². The molecule has 0 radical (unpaired) electrons. The number of nitrogens with one attached hydrogen (secondary N) is 1. The summed E-state index contributed by atoms with van der Waals surface area (Å²) < 4.78 is 5.89. The molecule has 0 saturated carbocycles. The van der Waals surface area contributed by atoms with Crippen molar-refractivity contribution in [2.45, 2.75) is 19.6 Å². The second kappa shape index (κ2) is 10.2. The van der Waals surface area contributed by atoms with E-state index in [0.29, 0.717) is 22.9 Å². The van der Waals surface area contributed by atoms with Crippen LogP contribution in [0.3, 0.4) is 0 Å². The normalized spacial score (nSPS) is 11.6. The van der Waals surface area contributed by atoms with Gasteiger partial charge in [-0.15, -0.1) is 0 Å². The number of carbonyl (C=O) groups excluding carboxylic acids is 1. The van der Waals surface area contributed by atoms with E-state index in [1.807, 2.05) is 91.9 Å². The van der Waals surface area contributed by atoms with Gasteiger partial charge in [-0.2, -0.15) is 0 Å². The second-order valence-electron chi connectivity index (χ2n) is 7.64. The van der Waals surface area contributed by atoms with E-state index in [4.69, 9.17) is 16.3 Å². The Kier molecular flexibility index (Phi) is 6.88. The molecule has 0 aliphatic carbocycles. The van der Waals surface area contributed by atoms with Crippen LogP contribution in [0.5, 0.6) is 5.75 Å². The summed E-state index contributed by atoms with van der Waals surface area (Å²) in [4.78, 5) is 13.2. The van der Waals surface area contributed by atoms with Gasteiger partial charge in [-0.05, 0) is 42.3 Å². The maximum atomic E-state index is 13.2. The Morgan fingerprint density at radius 3 is 2.34 bits per heavy atom. The number of amides is 1. The maximum absolute atomic E-state index is 13.2. The summed E-state index contributed by atoms with van der Waals surface area (Å²) in [7, 11) is 0. The van der Waals surface area contributed by atoms with Gasteiger partial charge in [0.15, 0.2) is 0 Å². The van der Waals surface area contributed by atoms with Crippen molar-refractivity contribution in [2.75, 3.05) is 0 Å². The smallest absolute Gasteiger partial charge is 0.252 e. The quantitative estimate of drug-likeness (QED) is 0.344. The molecule has 3 nitrogen and oxygen atoms in total. The Bertz CT molecular complexity index is 1210. The summed E-state index contributed by atoms with van der Waals surface area (Å²) in [5, 5.41) is 3.85. The van der Waals surface area contributed by atoms with Crippen LogP contribution in [0.4, 0.5) is 0 Å². The molecule has 0 fully saturated rings. The highest BCUT2D eigenvalue weighted by Crippen LogP contribution is 2.24. The molecule has 0 spiro atoms. The average Bonchev–Trinajstić information content (AvgIpc) is 2.82. The molecule has 0 aromatic heterocycles. The van der Waals surface area contributed by atoms with Crippen LogP contribution in [0.25, 0.3) is 0 Å². The van der Waals surface area contributed by atoms with Crippen molar-refractivity contribution in [2.24, 2.45) is 0 Å². The van der Waals surface area contributed by atoms with Crippen molar-refractivity contribution in [3.05, 3.63) is 136 Å². The van der Waals surface area contributed by atoms with E-state index in [1.165, 1.54) is 0 Å². The molecule has 4 rings (SSSR count). The molecule has 0 unspecified atom stereocenters. The van der Waals surface area contributed by atoms with Crippen molar-refractivity contribution in [3.63, 3.8) is 0 Å². The number of hydrogen-bond donors (Lipinski definition) is 1. The van der Waals surface area contributed by atoms with Crippen LogP contribution in [0, 0.1) is 6.92 Å². The molecule has 160 valence electrons. The van der Waals surface area contributed by atoms with Crippen molar-refractivity contribution in [3.8, 4) is 5.75 Å². The fourth-order valence-corrected chi connectivity index (χ4v) is 3.76. The van der Waals surface area contributed by atoms with E-state index < -0.39 is 0 Å². The number of ether oxygens (including phenoxy) is 1. The molecule has 0 aliphatic heterocycles. The van der Waals surface area contributed by atoms with Gasteiger partial charge in [-0.1, -0.05) is 96.0 Å². The Balaban J connectivity index is 1.53. The largest absolute Gasteiger partial charge is 0.489 e. The molecule has 4 heteroatoms. The fourth-order valence-electron chi connectivity index (χ4n) is 3.57. The van der Waals surface area contributed by atoms with Gasteiger partial charge in [0.2, 0.25) is 0 Å². The van der Waals surface area contributed by atoms with Crippen LogP contribution in [0.15, 0.2) is 103 Å². The first-order valence-electron chi connectivity index (χ1n) is 10.5. The van der Waals surface area contributed by atoms with E-state index in [-0.39, 0.29) is 11.9 Å². The highest BCUT2D eigenvalue weighted by atomic mass is 35.5. The predicted molar refractivity (Wildman–Crippen MR) is 129 cm³/mol. The molecule has 1 N–H and O–H groups in total. The third-order valence-corrected chi connectivity index (χ3v) is 5.60. The van der Waals surface area contributed by atoms with Gasteiger partial charge in [0.05, 0.1) is 6.04 Å². The fraction of sp³-hybridized carbons (Fsp3) is 0.107. The van der Waals surface area contributed by atoms with Crippen LogP contribution >= 0.6 is 11.6 Å². The van der Waals surface area contributed by atoms with Gasteiger partial charge >= 0.3 is 0 Å². The molecule has 0 heterocycles. The highest BCUT2D eigenvalue weighted by molar-refractivity contribution is 6.31. The lowest BCUT2D eigenvalue weighted by atomic mass is 9.97. The van der Waals surface area contributed by atoms with E-state index in [9.17, 15) is 4.79 Å². The third kappa shape index (κ3) is 5.37. The van der Waals surface area contributed by atoms with Gasteiger partial charge in [0, 0.05) is 16.1 Å². The molecule has 4 aromatic carbocycles. The molecule has 1 atom stereocenters. The Hall–Kier alpha value is -3.56. The van der Waals surface area contributed by atoms with Crippen LogP contribution < -0.4 is 10.1 Å². The summed E-state index contributed by atoms with van der Waals surface area (Å²) in [6.45, 7) is 2.38. The lowest BCUT2D eigenvalue weighted by Crippen LogP contribution is -2.29. The van der Waals surface area contributed by atoms with Crippen LogP contribution in [0.1, 0.15) is 38.7 Å². The molecular formula is C28H24ClNO2. The lowest BCUT2D eigenvalue weighted by molar-refractivity contribution is 0.0942. The summed E-state index contributed by atoms with van der Waals surface area (Å²) in [6, 6.07) is 32.7. The maximum Gasteiger partial charge on any atom is 0.252 e. The number of rotatable bonds is 7. The van der Waals surface area contributed by atoms with E-state index in [1.54, 1.807) is 12.1 Å². The van der Waals surface area contributed by atoms with E-state index in [0.717, 1.165) is 22.3 Å². The van der Waals surface area contributed by atoms with Gasteiger partial charge in [-0.25, -0.2) is 0 Å². The summed E-state index contributed by atoms with van der Waals surface area (Å²) in [5.41, 5.74) is 4.64. The van der Waals surface area contributed by atoms with E-state index >= 15 is 0 Å². The summed E-state index contributed by atoms with van der Waals surface area (Å²) >= 11 is 6.21. The van der Waals surface area contributed by atoms with Gasteiger partial charge in [-0.3, -0.25) is 4.79 Å². The number of aryl methyl sites for hydroxylation is 1. The van der Waals surface area contributed by atoms with Crippen molar-refractivity contribution >= 4 is 17.5 Å². The minimum absolute atomic E-state index is 0.163. The third-order valence-electron chi connectivity index (χ3n) is 5.23. The Labute approximate surface area is 193 Å². The standard InChI is InChI=1S/C28H24ClNO2/c1-20-9-7-13-22(17-20)27(21-10-3-2-4-11-21)30-28(31)23-14-8-15-25(18-23)32-19-24-12-5-6-16-26(24)29/h2-18,27H,19H2,1H3,(H,30,31)/t27-/m1/s1. The average molecular weight is 442 g/mol. The van der Waals surface area contributed by atoms with Gasteiger partial charge in [0.1, 0.15) is 12.4 Å². The molecule has 1 amide bonds. The zero-order valence-corrected chi connectivity index (χ0v) is 18.5. The molecule has 4 aromatic rings. The number of benzene rings is 4. The van der Waals surface area contributed by atoms with Crippen LogP contribution in [-0.2, 0) is 6.61 Å². The highest BCUT2D eigenvalue weighted by Gasteiger charge is 2.18. The monoisotopic (exact) mass is 441 g/mol. The van der Waals surface area contributed by atoms with Crippen molar-refractivity contribution < 1.29 is 9.53 Å². The van der Waals surface area contributed by atoms with Crippen molar-refractivity contribution in [1.29, 1.82) is 0 Å². The molecule has 0 saturated heterocycles. The summed E-state index contributed by atoms with van der Waals surface area (Å²) in [5.74, 6) is 0.452. The first kappa shape index (κ1) is 21.7. The van der Waals surface area contributed by atoms with Gasteiger partial charge in [0.25, 0.3) is 5.91 Å². The van der Waals surface area contributed by atoms with Crippen LogP contribution in [-0.4, -0.2) is 5.91 Å². The number of hydrogen-bond acceptors (Lipinski definition) is 2. The van der Waals surface area contributed by atoms with Crippen molar-refractivity contribution in [1.82, 2.24) is 5.32 Å². The number of halogens is 1. The first-order chi connectivity index (χ1) is 15.6.